The van der Waals surface area contributed by atoms with Crippen molar-refractivity contribution in [2.24, 2.45) is 0 Å². The highest BCUT2D eigenvalue weighted by molar-refractivity contribution is 5.89. The van der Waals surface area contributed by atoms with Gasteiger partial charge in [0.2, 0.25) is 0 Å². The summed E-state index contributed by atoms with van der Waals surface area (Å²) in [5, 5.41) is 22.0. The molecule has 0 saturated carbocycles. The standard InChI is InChI=1S/C24H25N3O5/c1-12(9-26(2)3)22-15-6-13-10-27-18(23(13)25-17(15)4-5-19(22)28)7-14-16(24(27)31)11-32-21(30)8-20(14)29/h4-7,12,20,28-29H,8-11H2,1-3H3. The number of hydrogen-bond acceptors (Lipinski definition) is 7. The highest BCUT2D eigenvalue weighted by Crippen LogP contribution is 2.39. The first-order chi connectivity index (χ1) is 15.2. The summed E-state index contributed by atoms with van der Waals surface area (Å²) in [6.45, 7) is 3.03. The van der Waals surface area contributed by atoms with Crippen molar-refractivity contribution in [2.75, 3.05) is 20.6 Å². The molecule has 2 aliphatic rings. The van der Waals surface area contributed by atoms with Crippen LogP contribution < -0.4 is 5.56 Å². The molecule has 2 atom stereocenters. The highest BCUT2D eigenvalue weighted by atomic mass is 16.5. The van der Waals surface area contributed by atoms with Crippen LogP contribution in [0.25, 0.3) is 22.3 Å². The number of phenols is 1. The molecule has 0 amide bonds. The molecular weight excluding hydrogens is 410 g/mol. The fourth-order valence-electron chi connectivity index (χ4n) is 4.95. The van der Waals surface area contributed by atoms with Gasteiger partial charge in [-0.1, -0.05) is 6.92 Å². The molecule has 0 spiro atoms. The lowest BCUT2D eigenvalue weighted by atomic mass is 9.93. The van der Waals surface area contributed by atoms with Gasteiger partial charge in [-0.25, -0.2) is 4.98 Å². The van der Waals surface area contributed by atoms with Crippen molar-refractivity contribution in [3.05, 3.63) is 56.9 Å². The van der Waals surface area contributed by atoms with Crippen LogP contribution in [0.1, 0.15) is 47.6 Å². The molecule has 2 aliphatic heterocycles. The number of aliphatic hydroxyl groups is 1. The Morgan fingerprint density at radius 1 is 1.28 bits per heavy atom. The highest BCUT2D eigenvalue weighted by Gasteiger charge is 2.31. The van der Waals surface area contributed by atoms with E-state index >= 15 is 0 Å². The van der Waals surface area contributed by atoms with Gasteiger partial charge in [0.25, 0.3) is 5.56 Å². The van der Waals surface area contributed by atoms with Crippen molar-refractivity contribution in [3.8, 4) is 17.1 Å². The summed E-state index contributed by atoms with van der Waals surface area (Å²) in [6.07, 6.45) is -1.26. The molecule has 2 aromatic heterocycles. The Bertz CT molecular complexity index is 1330. The van der Waals surface area contributed by atoms with Crippen LogP contribution in [0.2, 0.25) is 0 Å². The van der Waals surface area contributed by atoms with Crippen LogP contribution in [0.15, 0.2) is 29.1 Å². The number of ether oxygens (including phenoxy) is 1. The minimum atomic E-state index is -1.08. The second kappa shape index (κ2) is 7.43. The summed E-state index contributed by atoms with van der Waals surface area (Å²) in [5.74, 6) is -0.208. The van der Waals surface area contributed by atoms with E-state index in [-0.39, 0.29) is 30.3 Å². The van der Waals surface area contributed by atoms with Gasteiger partial charge >= 0.3 is 5.97 Å². The first kappa shape index (κ1) is 20.7. The van der Waals surface area contributed by atoms with Gasteiger partial charge < -0.3 is 24.4 Å². The van der Waals surface area contributed by atoms with Crippen LogP contribution in [0.4, 0.5) is 0 Å². The Kier molecular flexibility index (Phi) is 4.79. The largest absolute Gasteiger partial charge is 0.508 e. The third-order valence-corrected chi connectivity index (χ3v) is 6.33. The average Bonchev–Trinajstić information content (AvgIpc) is 3.00. The number of pyridine rings is 2. The Morgan fingerprint density at radius 2 is 2.06 bits per heavy atom. The third kappa shape index (κ3) is 3.18. The van der Waals surface area contributed by atoms with E-state index in [9.17, 15) is 19.8 Å². The number of esters is 1. The van der Waals surface area contributed by atoms with Crippen molar-refractivity contribution in [1.29, 1.82) is 0 Å². The summed E-state index contributed by atoms with van der Waals surface area (Å²) in [7, 11) is 3.99. The van der Waals surface area contributed by atoms with Crippen LogP contribution in [-0.2, 0) is 22.7 Å². The minimum absolute atomic E-state index is 0.0842. The van der Waals surface area contributed by atoms with Gasteiger partial charge in [0.05, 0.1) is 41.5 Å². The fraction of sp³-hybridized carbons (Fsp3) is 0.375. The molecule has 0 fully saturated rings. The van der Waals surface area contributed by atoms with Gasteiger partial charge in [-0.05, 0) is 49.8 Å². The maximum atomic E-state index is 13.2. The van der Waals surface area contributed by atoms with Crippen LogP contribution in [-0.4, -0.2) is 51.3 Å². The number of carbonyl (C=O) groups excluding carboxylic acids is 1. The predicted molar refractivity (Wildman–Crippen MR) is 119 cm³/mol. The molecule has 0 saturated heterocycles. The van der Waals surface area contributed by atoms with E-state index < -0.39 is 12.1 Å². The van der Waals surface area contributed by atoms with Crippen LogP contribution in [0, 0.1) is 0 Å². The van der Waals surface area contributed by atoms with E-state index in [1.54, 1.807) is 22.8 Å². The summed E-state index contributed by atoms with van der Waals surface area (Å²) in [6, 6.07) is 7.20. The van der Waals surface area contributed by atoms with E-state index in [0.717, 1.165) is 28.6 Å². The lowest BCUT2D eigenvalue weighted by molar-refractivity contribution is -0.146. The van der Waals surface area contributed by atoms with E-state index in [2.05, 4.69) is 11.8 Å². The lowest BCUT2D eigenvalue weighted by Gasteiger charge is -2.20. The maximum absolute atomic E-state index is 13.2. The number of nitrogens with zero attached hydrogens (tertiary/aromatic N) is 3. The molecule has 2 unspecified atom stereocenters. The molecule has 0 radical (unpaired) electrons. The number of benzene rings is 1. The number of phenolic OH excluding ortho intramolecular Hbond substituents is 1. The molecule has 8 nitrogen and oxygen atoms in total. The zero-order chi connectivity index (χ0) is 22.7. The zero-order valence-corrected chi connectivity index (χ0v) is 18.3. The summed E-state index contributed by atoms with van der Waals surface area (Å²) in [5.41, 5.74) is 4.20. The van der Waals surface area contributed by atoms with Crippen LogP contribution in [0.3, 0.4) is 0 Å². The van der Waals surface area contributed by atoms with Crippen molar-refractivity contribution in [2.45, 2.75) is 38.5 Å². The third-order valence-electron chi connectivity index (χ3n) is 6.33. The van der Waals surface area contributed by atoms with Crippen molar-refractivity contribution < 1.29 is 19.7 Å². The molecule has 0 aliphatic carbocycles. The zero-order valence-electron chi connectivity index (χ0n) is 18.3. The van der Waals surface area contributed by atoms with Gasteiger partial charge in [-0.15, -0.1) is 0 Å². The molecule has 3 aromatic rings. The Morgan fingerprint density at radius 3 is 2.81 bits per heavy atom. The average molecular weight is 435 g/mol. The number of cyclic esters (lactones) is 1. The first-order valence-corrected chi connectivity index (χ1v) is 10.7. The van der Waals surface area contributed by atoms with E-state index in [0.29, 0.717) is 29.1 Å². The molecule has 166 valence electrons. The smallest absolute Gasteiger partial charge is 0.309 e. The molecule has 1 aromatic carbocycles. The Labute approximate surface area is 184 Å². The topological polar surface area (TPSA) is 105 Å². The molecule has 4 heterocycles. The van der Waals surface area contributed by atoms with Crippen molar-refractivity contribution >= 4 is 16.9 Å². The molecule has 0 bridgehead atoms. The van der Waals surface area contributed by atoms with Gasteiger partial charge in [0, 0.05) is 23.1 Å². The summed E-state index contributed by atoms with van der Waals surface area (Å²) in [4.78, 5) is 31.9. The monoisotopic (exact) mass is 435 g/mol. The van der Waals surface area contributed by atoms with Crippen LogP contribution in [0.5, 0.6) is 5.75 Å². The Hall–Kier alpha value is -3.23. The normalized spacial score (nSPS) is 18.2. The van der Waals surface area contributed by atoms with Gasteiger partial charge in [0.1, 0.15) is 12.4 Å². The number of carbonyl (C=O) groups is 1. The van der Waals surface area contributed by atoms with E-state index in [4.69, 9.17) is 9.72 Å². The van der Waals surface area contributed by atoms with Gasteiger partial charge in [-0.3, -0.25) is 9.59 Å². The number of aromatic hydroxyl groups is 1. The molecule has 5 rings (SSSR count). The van der Waals surface area contributed by atoms with Crippen LogP contribution >= 0.6 is 0 Å². The fourth-order valence-corrected chi connectivity index (χ4v) is 4.95. The second-order valence-electron chi connectivity index (χ2n) is 8.96. The maximum Gasteiger partial charge on any atom is 0.309 e. The molecule has 2 N–H and O–H groups in total. The summed E-state index contributed by atoms with van der Waals surface area (Å²) >= 11 is 0. The van der Waals surface area contributed by atoms with E-state index in [1.165, 1.54) is 0 Å². The molecule has 8 heteroatoms. The van der Waals surface area contributed by atoms with E-state index in [1.807, 2.05) is 20.2 Å². The Balaban J connectivity index is 1.68. The minimum Gasteiger partial charge on any atom is -0.508 e. The molecule has 32 heavy (non-hydrogen) atoms. The molecular formula is C24H25N3O5. The second-order valence-corrected chi connectivity index (χ2v) is 8.96. The van der Waals surface area contributed by atoms with Crippen molar-refractivity contribution in [3.63, 3.8) is 0 Å². The first-order valence-electron chi connectivity index (χ1n) is 10.7. The van der Waals surface area contributed by atoms with Crippen molar-refractivity contribution in [1.82, 2.24) is 14.5 Å². The quantitative estimate of drug-likeness (QED) is 0.476. The number of aromatic nitrogens is 2. The SMILES string of the molecule is CC(CN(C)C)c1c(O)ccc2nc3c(cc12)Cn1c-3cc2c(c1=O)COC(=O)CC2O. The lowest BCUT2D eigenvalue weighted by Crippen LogP contribution is -2.25. The summed E-state index contributed by atoms with van der Waals surface area (Å²) < 4.78 is 6.72. The number of likely N-dealkylation sites (N-methyl/N-ethyl adjacent to an activating group) is 1. The number of hydrogen-bond donors (Lipinski definition) is 2. The van der Waals surface area contributed by atoms with Gasteiger partial charge in [-0.2, -0.15) is 0 Å². The number of rotatable bonds is 3. The number of fused-ring (bicyclic) bond motifs is 5. The predicted octanol–water partition coefficient (Wildman–Crippen LogP) is 2.28. The van der Waals surface area contributed by atoms with Gasteiger partial charge in [0.15, 0.2) is 0 Å². The number of aliphatic hydroxyl groups excluding tert-OH is 1.